The van der Waals surface area contributed by atoms with Gasteiger partial charge in [0.1, 0.15) is 23.0 Å². The SMILES string of the molecule is CC(NC(=O)c1ncnc(N)c1Cl)c1cnc(Cc2ccc(C(F)(F)F)cc2)nc1. The van der Waals surface area contributed by atoms with Crippen molar-refractivity contribution < 1.29 is 18.0 Å². The van der Waals surface area contributed by atoms with Crippen molar-refractivity contribution in [2.45, 2.75) is 25.6 Å². The molecule has 156 valence electrons. The lowest BCUT2D eigenvalue weighted by atomic mass is 10.1. The minimum atomic E-state index is -4.38. The van der Waals surface area contributed by atoms with Crippen molar-refractivity contribution in [3.63, 3.8) is 0 Å². The number of nitrogens with zero attached hydrogens (tertiary/aromatic N) is 4. The van der Waals surface area contributed by atoms with Crippen molar-refractivity contribution in [3.05, 3.63) is 76.2 Å². The summed E-state index contributed by atoms with van der Waals surface area (Å²) in [6.45, 7) is 1.73. The summed E-state index contributed by atoms with van der Waals surface area (Å²) in [6, 6.07) is 4.36. The molecule has 11 heteroatoms. The van der Waals surface area contributed by atoms with E-state index in [1.807, 2.05) is 0 Å². The second-order valence-electron chi connectivity index (χ2n) is 6.42. The number of nitrogens with two attached hydrogens (primary N) is 1. The predicted molar refractivity (Wildman–Crippen MR) is 104 cm³/mol. The van der Waals surface area contributed by atoms with E-state index in [0.717, 1.165) is 18.5 Å². The summed E-state index contributed by atoms with van der Waals surface area (Å²) in [4.78, 5) is 28.3. The topological polar surface area (TPSA) is 107 Å². The molecule has 2 aromatic heterocycles. The van der Waals surface area contributed by atoms with E-state index < -0.39 is 23.7 Å². The molecular formula is C19H16ClF3N6O. The Balaban J connectivity index is 1.65. The Hall–Kier alpha value is -3.27. The number of halogens is 4. The van der Waals surface area contributed by atoms with Gasteiger partial charge in [-0.15, -0.1) is 0 Å². The van der Waals surface area contributed by atoms with Crippen molar-refractivity contribution in [3.8, 4) is 0 Å². The molecule has 3 N–H and O–H groups in total. The highest BCUT2D eigenvalue weighted by molar-refractivity contribution is 6.35. The van der Waals surface area contributed by atoms with Crippen LogP contribution in [0.25, 0.3) is 0 Å². The number of anilines is 1. The van der Waals surface area contributed by atoms with Crippen LogP contribution < -0.4 is 11.1 Å². The smallest absolute Gasteiger partial charge is 0.382 e. The molecule has 0 aliphatic rings. The van der Waals surface area contributed by atoms with Crippen LogP contribution in [-0.4, -0.2) is 25.8 Å². The molecule has 7 nitrogen and oxygen atoms in total. The fourth-order valence-electron chi connectivity index (χ4n) is 2.56. The van der Waals surface area contributed by atoms with Crippen molar-refractivity contribution in [1.82, 2.24) is 25.3 Å². The van der Waals surface area contributed by atoms with E-state index in [2.05, 4.69) is 25.3 Å². The average molecular weight is 437 g/mol. The van der Waals surface area contributed by atoms with Crippen molar-refractivity contribution in [1.29, 1.82) is 0 Å². The summed E-state index contributed by atoms with van der Waals surface area (Å²) in [5.41, 5.74) is 6.08. The van der Waals surface area contributed by atoms with Gasteiger partial charge >= 0.3 is 6.18 Å². The van der Waals surface area contributed by atoms with Crippen LogP contribution in [0, 0.1) is 0 Å². The van der Waals surface area contributed by atoms with E-state index in [0.29, 0.717) is 17.0 Å². The molecule has 1 unspecified atom stereocenters. The molecule has 1 atom stereocenters. The number of rotatable bonds is 5. The zero-order valence-corrected chi connectivity index (χ0v) is 16.4. The molecule has 0 aliphatic carbocycles. The number of benzene rings is 1. The molecule has 1 aromatic carbocycles. The summed E-state index contributed by atoms with van der Waals surface area (Å²) < 4.78 is 37.9. The molecule has 0 fully saturated rings. The van der Waals surface area contributed by atoms with Gasteiger partial charge in [0.25, 0.3) is 5.91 Å². The second-order valence-corrected chi connectivity index (χ2v) is 6.80. The Kier molecular flexibility index (Phi) is 6.16. The van der Waals surface area contributed by atoms with E-state index in [-0.39, 0.29) is 23.0 Å². The van der Waals surface area contributed by atoms with Gasteiger partial charge in [0.05, 0.1) is 11.6 Å². The second kappa shape index (κ2) is 8.62. The van der Waals surface area contributed by atoms with Gasteiger partial charge in [-0.05, 0) is 24.6 Å². The first-order chi connectivity index (χ1) is 14.1. The highest BCUT2D eigenvalue weighted by atomic mass is 35.5. The monoisotopic (exact) mass is 436 g/mol. The third-order valence-electron chi connectivity index (χ3n) is 4.25. The molecule has 2 heterocycles. The van der Waals surface area contributed by atoms with Gasteiger partial charge in [-0.1, -0.05) is 23.7 Å². The number of hydrogen-bond acceptors (Lipinski definition) is 6. The van der Waals surface area contributed by atoms with Crippen LogP contribution in [0.15, 0.2) is 43.0 Å². The van der Waals surface area contributed by atoms with Crippen LogP contribution in [0.3, 0.4) is 0 Å². The molecule has 1 amide bonds. The number of carbonyl (C=O) groups excluding carboxylic acids is 1. The van der Waals surface area contributed by atoms with Gasteiger partial charge in [-0.2, -0.15) is 13.2 Å². The number of nitrogen functional groups attached to an aromatic ring is 1. The van der Waals surface area contributed by atoms with Gasteiger partial charge < -0.3 is 11.1 Å². The van der Waals surface area contributed by atoms with E-state index in [1.54, 1.807) is 6.92 Å². The Bertz CT molecular complexity index is 1040. The lowest BCUT2D eigenvalue weighted by Gasteiger charge is -2.14. The largest absolute Gasteiger partial charge is 0.416 e. The summed E-state index contributed by atoms with van der Waals surface area (Å²) >= 11 is 5.95. The van der Waals surface area contributed by atoms with Crippen LogP contribution in [0.2, 0.25) is 5.02 Å². The standard InChI is InChI=1S/C19H16ClF3N6O/c1-10(29-18(30)16-15(20)17(24)28-9-27-16)12-7-25-14(26-8-12)6-11-2-4-13(5-3-11)19(21,22)23/h2-5,7-10H,6H2,1H3,(H,29,30)(H2,24,27,28). The molecule has 0 saturated heterocycles. The average Bonchev–Trinajstić information content (AvgIpc) is 2.70. The third-order valence-corrected chi connectivity index (χ3v) is 4.62. The van der Waals surface area contributed by atoms with Gasteiger partial charge in [0.15, 0.2) is 5.69 Å². The maximum Gasteiger partial charge on any atom is 0.416 e. The fourth-order valence-corrected chi connectivity index (χ4v) is 2.75. The number of hydrogen-bond donors (Lipinski definition) is 2. The minimum Gasteiger partial charge on any atom is -0.382 e. The van der Waals surface area contributed by atoms with Gasteiger partial charge in [-0.3, -0.25) is 4.79 Å². The van der Waals surface area contributed by atoms with E-state index in [1.165, 1.54) is 24.5 Å². The summed E-state index contributed by atoms with van der Waals surface area (Å²) in [5, 5.41) is 2.68. The number of alkyl halides is 3. The van der Waals surface area contributed by atoms with E-state index in [4.69, 9.17) is 17.3 Å². The molecule has 0 aliphatic heterocycles. The van der Waals surface area contributed by atoms with Crippen LogP contribution in [0.4, 0.5) is 19.0 Å². The molecule has 30 heavy (non-hydrogen) atoms. The first-order valence-corrected chi connectivity index (χ1v) is 9.06. The highest BCUT2D eigenvalue weighted by Gasteiger charge is 2.29. The summed E-state index contributed by atoms with van der Waals surface area (Å²) in [5.74, 6) is -0.0977. The van der Waals surface area contributed by atoms with Crippen molar-refractivity contribution in [2.24, 2.45) is 0 Å². The molecule has 0 saturated carbocycles. The number of amides is 1. The van der Waals surface area contributed by atoms with Crippen LogP contribution in [0.1, 0.15) is 46.0 Å². The molecule has 0 bridgehead atoms. The maximum absolute atomic E-state index is 12.6. The highest BCUT2D eigenvalue weighted by Crippen LogP contribution is 2.29. The molecule has 0 spiro atoms. The van der Waals surface area contributed by atoms with Gasteiger partial charge in [0, 0.05) is 24.4 Å². The van der Waals surface area contributed by atoms with Crippen LogP contribution in [-0.2, 0) is 12.6 Å². The Labute approximate surface area is 174 Å². The lowest BCUT2D eigenvalue weighted by molar-refractivity contribution is -0.137. The Morgan fingerprint density at radius 1 is 1.13 bits per heavy atom. The predicted octanol–water partition coefficient (Wildman–Crippen LogP) is 3.60. The Morgan fingerprint density at radius 3 is 2.37 bits per heavy atom. The van der Waals surface area contributed by atoms with Crippen LogP contribution in [0.5, 0.6) is 0 Å². The lowest BCUT2D eigenvalue weighted by Crippen LogP contribution is -2.28. The Morgan fingerprint density at radius 2 is 1.77 bits per heavy atom. The summed E-state index contributed by atoms with van der Waals surface area (Å²) in [6.07, 6.45) is 0.106. The molecule has 3 aromatic rings. The number of aromatic nitrogens is 4. The normalized spacial score (nSPS) is 12.4. The van der Waals surface area contributed by atoms with Crippen molar-refractivity contribution >= 4 is 23.3 Å². The van der Waals surface area contributed by atoms with E-state index >= 15 is 0 Å². The van der Waals surface area contributed by atoms with Gasteiger partial charge in [0.2, 0.25) is 0 Å². The first-order valence-electron chi connectivity index (χ1n) is 8.69. The molecule has 3 rings (SSSR count). The zero-order valence-electron chi connectivity index (χ0n) is 15.6. The quantitative estimate of drug-likeness (QED) is 0.632. The zero-order chi connectivity index (χ0) is 21.9. The van der Waals surface area contributed by atoms with E-state index in [9.17, 15) is 18.0 Å². The maximum atomic E-state index is 12.6. The van der Waals surface area contributed by atoms with Gasteiger partial charge in [-0.25, -0.2) is 19.9 Å². The van der Waals surface area contributed by atoms with Crippen molar-refractivity contribution in [2.75, 3.05) is 5.73 Å². The minimum absolute atomic E-state index is 0.000391. The summed E-state index contributed by atoms with van der Waals surface area (Å²) in [7, 11) is 0. The third kappa shape index (κ3) is 5.01. The number of carbonyl (C=O) groups is 1. The first kappa shape index (κ1) is 21.4. The number of nitrogens with one attached hydrogen (secondary N) is 1. The molecule has 0 radical (unpaired) electrons. The van der Waals surface area contributed by atoms with Crippen LogP contribution >= 0.6 is 11.6 Å². The molecular weight excluding hydrogens is 421 g/mol. The fraction of sp³-hybridized carbons (Fsp3) is 0.211.